The molecule has 1 rings (SSSR count). The number of ether oxygens (including phenoxy) is 2. The number of rotatable bonds is 9. The third-order valence-corrected chi connectivity index (χ3v) is 2.75. The van der Waals surface area contributed by atoms with E-state index in [1.54, 1.807) is 12.1 Å². The summed E-state index contributed by atoms with van der Waals surface area (Å²) in [6.45, 7) is 1.07. The molecule has 0 fully saturated rings. The van der Waals surface area contributed by atoms with E-state index in [0.717, 1.165) is 18.4 Å². The summed E-state index contributed by atoms with van der Waals surface area (Å²) >= 11 is 11.2. The van der Waals surface area contributed by atoms with Gasteiger partial charge in [0.05, 0.1) is 19.8 Å². The molecule has 102 valence electrons. The molecule has 0 atom stereocenters. The molecule has 0 aliphatic rings. The van der Waals surface area contributed by atoms with Crippen LogP contribution in [0.2, 0.25) is 0 Å². The van der Waals surface area contributed by atoms with Gasteiger partial charge in [0.1, 0.15) is 11.5 Å². The van der Waals surface area contributed by atoms with E-state index in [0.29, 0.717) is 36.5 Å². The van der Waals surface area contributed by atoms with E-state index >= 15 is 0 Å². The zero-order valence-corrected chi connectivity index (χ0v) is 11.7. The standard InChI is InChI=1S/C13H18Cl2O3/c14-3-1-5-17-12-7-11(10-16)8-13(9-12)18-6-2-4-15/h7-9,16H,1-6,10H2. The number of hydrogen-bond acceptors (Lipinski definition) is 3. The molecule has 1 aromatic rings. The highest BCUT2D eigenvalue weighted by atomic mass is 35.5. The van der Waals surface area contributed by atoms with Gasteiger partial charge in [-0.3, -0.25) is 0 Å². The lowest BCUT2D eigenvalue weighted by atomic mass is 10.2. The maximum Gasteiger partial charge on any atom is 0.123 e. The third kappa shape index (κ3) is 5.80. The van der Waals surface area contributed by atoms with Crippen molar-refractivity contribution in [2.24, 2.45) is 0 Å². The number of aliphatic hydroxyl groups is 1. The maximum absolute atomic E-state index is 9.18. The van der Waals surface area contributed by atoms with Gasteiger partial charge in [0.25, 0.3) is 0 Å². The van der Waals surface area contributed by atoms with E-state index in [1.165, 1.54) is 0 Å². The largest absolute Gasteiger partial charge is 0.493 e. The Morgan fingerprint density at radius 3 is 1.78 bits per heavy atom. The summed E-state index contributed by atoms with van der Waals surface area (Å²) in [5, 5.41) is 9.18. The van der Waals surface area contributed by atoms with Gasteiger partial charge in [0.2, 0.25) is 0 Å². The molecule has 0 radical (unpaired) electrons. The molecule has 0 spiro atoms. The summed E-state index contributed by atoms with van der Waals surface area (Å²) in [5.41, 5.74) is 0.763. The van der Waals surface area contributed by atoms with Crippen molar-refractivity contribution in [1.29, 1.82) is 0 Å². The molecule has 1 aromatic carbocycles. The average molecular weight is 293 g/mol. The van der Waals surface area contributed by atoms with Crippen molar-refractivity contribution in [3.05, 3.63) is 23.8 Å². The molecule has 0 aliphatic heterocycles. The molecule has 0 bridgehead atoms. The molecule has 1 N–H and O–H groups in total. The molecule has 0 aromatic heterocycles. The van der Waals surface area contributed by atoms with Gasteiger partial charge >= 0.3 is 0 Å². The van der Waals surface area contributed by atoms with E-state index in [1.807, 2.05) is 6.07 Å². The van der Waals surface area contributed by atoms with Crippen LogP contribution in [0.3, 0.4) is 0 Å². The van der Waals surface area contributed by atoms with E-state index in [2.05, 4.69) is 0 Å². The zero-order valence-electron chi connectivity index (χ0n) is 10.2. The van der Waals surface area contributed by atoms with Crippen molar-refractivity contribution in [1.82, 2.24) is 0 Å². The Labute approximate surface area is 118 Å². The zero-order chi connectivity index (χ0) is 13.2. The van der Waals surface area contributed by atoms with Crippen LogP contribution in [0.1, 0.15) is 18.4 Å². The summed E-state index contributed by atoms with van der Waals surface area (Å²) in [7, 11) is 0. The minimum atomic E-state index is -0.0431. The summed E-state index contributed by atoms with van der Waals surface area (Å²) < 4.78 is 11.1. The fourth-order valence-corrected chi connectivity index (χ4v) is 1.60. The number of hydrogen-bond donors (Lipinski definition) is 1. The first kappa shape index (κ1) is 15.4. The van der Waals surface area contributed by atoms with Gasteiger partial charge in [0, 0.05) is 17.8 Å². The maximum atomic E-state index is 9.18. The second-order valence-corrected chi connectivity index (χ2v) is 4.51. The Kier molecular flexibility index (Phi) is 7.98. The Hall–Kier alpha value is -0.640. The van der Waals surface area contributed by atoms with Crippen LogP contribution < -0.4 is 9.47 Å². The van der Waals surface area contributed by atoms with Gasteiger partial charge in [0.15, 0.2) is 0 Å². The second kappa shape index (κ2) is 9.31. The molecule has 0 aliphatic carbocycles. The summed E-state index contributed by atoms with van der Waals surface area (Å²) in [6, 6.07) is 5.40. The van der Waals surface area contributed by atoms with Crippen molar-refractivity contribution in [2.45, 2.75) is 19.4 Å². The smallest absolute Gasteiger partial charge is 0.123 e. The molecule has 5 heteroatoms. The third-order valence-electron chi connectivity index (χ3n) is 2.22. The van der Waals surface area contributed by atoms with Crippen LogP contribution in [0, 0.1) is 0 Å². The lowest BCUT2D eigenvalue weighted by Crippen LogP contribution is -2.01. The molecule has 0 heterocycles. The molecule has 0 amide bonds. The van der Waals surface area contributed by atoms with Crippen LogP contribution in [-0.2, 0) is 6.61 Å². The second-order valence-electron chi connectivity index (χ2n) is 3.75. The van der Waals surface area contributed by atoms with Crippen LogP contribution in [0.4, 0.5) is 0 Å². The van der Waals surface area contributed by atoms with Crippen LogP contribution in [-0.4, -0.2) is 30.1 Å². The first-order valence-electron chi connectivity index (χ1n) is 5.92. The van der Waals surface area contributed by atoms with Crippen molar-refractivity contribution in [2.75, 3.05) is 25.0 Å². The molecule has 3 nitrogen and oxygen atoms in total. The van der Waals surface area contributed by atoms with Crippen molar-refractivity contribution in [3.8, 4) is 11.5 Å². The molecular formula is C13H18Cl2O3. The predicted molar refractivity (Wildman–Crippen MR) is 74.0 cm³/mol. The van der Waals surface area contributed by atoms with E-state index in [9.17, 15) is 5.11 Å². The van der Waals surface area contributed by atoms with Crippen molar-refractivity contribution < 1.29 is 14.6 Å². The Bertz CT molecular complexity index is 317. The topological polar surface area (TPSA) is 38.7 Å². The van der Waals surface area contributed by atoms with Gasteiger partial charge in [-0.1, -0.05) is 0 Å². The highest BCUT2D eigenvalue weighted by Gasteiger charge is 2.03. The van der Waals surface area contributed by atoms with E-state index in [-0.39, 0.29) is 6.61 Å². The lowest BCUT2D eigenvalue weighted by Gasteiger charge is -2.11. The molecule has 18 heavy (non-hydrogen) atoms. The molecular weight excluding hydrogens is 275 g/mol. The van der Waals surface area contributed by atoms with Crippen molar-refractivity contribution >= 4 is 23.2 Å². The number of aliphatic hydroxyl groups excluding tert-OH is 1. The summed E-state index contributed by atoms with van der Waals surface area (Å²) in [5.74, 6) is 2.51. The first-order valence-corrected chi connectivity index (χ1v) is 6.99. The minimum Gasteiger partial charge on any atom is -0.493 e. The van der Waals surface area contributed by atoms with Gasteiger partial charge in [-0.25, -0.2) is 0 Å². The van der Waals surface area contributed by atoms with Gasteiger partial charge < -0.3 is 14.6 Å². The van der Waals surface area contributed by atoms with Crippen molar-refractivity contribution in [3.63, 3.8) is 0 Å². The average Bonchev–Trinajstić information content (AvgIpc) is 2.39. The number of alkyl halides is 2. The lowest BCUT2D eigenvalue weighted by molar-refractivity contribution is 0.274. The molecule has 0 saturated heterocycles. The number of benzene rings is 1. The Morgan fingerprint density at radius 1 is 0.889 bits per heavy atom. The van der Waals surface area contributed by atoms with Crippen LogP contribution >= 0.6 is 23.2 Å². The van der Waals surface area contributed by atoms with Gasteiger partial charge in [-0.15, -0.1) is 23.2 Å². The Morgan fingerprint density at radius 2 is 1.39 bits per heavy atom. The fourth-order valence-electron chi connectivity index (χ4n) is 1.38. The highest BCUT2D eigenvalue weighted by Crippen LogP contribution is 2.23. The van der Waals surface area contributed by atoms with Crippen LogP contribution in [0.5, 0.6) is 11.5 Å². The number of halogens is 2. The monoisotopic (exact) mass is 292 g/mol. The summed E-state index contributed by atoms with van der Waals surface area (Å²) in [6.07, 6.45) is 1.57. The fraction of sp³-hybridized carbons (Fsp3) is 0.538. The van der Waals surface area contributed by atoms with Gasteiger partial charge in [-0.05, 0) is 30.5 Å². The Balaban J connectivity index is 2.62. The minimum absolute atomic E-state index is 0.0431. The van der Waals surface area contributed by atoms with E-state index < -0.39 is 0 Å². The normalized spacial score (nSPS) is 10.4. The highest BCUT2D eigenvalue weighted by molar-refractivity contribution is 6.18. The predicted octanol–water partition coefficient (Wildman–Crippen LogP) is 3.19. The quantitative estimate of drug-likeness (QED) is 0.561. The molecule has 0 unspecified atom stereocenters. The first-order chi connectivity index (χ1) is 8.80. The van der Waals surface area contributed by atoms with Crippen LogP contribution in [0.25, 0.3) is 0 Å². The van der Waals surface area contributed by atoms with Crippen LogP contribution in [0.15, 0.2) is 18.2 Å². The molecule has 0 saturated carbocycles. The SMILES string of the molecule is OCc1cc(OCCCCl)cc(OCCCCl)c1. The summed E-state index contributed by atoms with van der Waals surface area (Å²) in [4.78, 5) is 0. The van der Waals surface area contributed by atoms with Gasteiger partial charge in [-0.2, -0.15) is 0 Å². The van der Waals surface area contributed by atoms with E-state index in [4.69, 9.17) is 32.7 Å².